The largest absolute Gasteiger partial charge is 0.369 e. The number of aromatic amines is 1. The van der Waals surface area contributed by atoms with E-state index in [2.05, 4.69) is 25.5 Å². The molecule has 12 nitrogen and oxygen atoms in total. The van der Waals surface area contributed by atoms with Gasteiger partial charge in [0.15, 0.2) is 11.4 Å². The lowest BCUT2D eigenvalue weighted by Crippen LogP contribution is -2.40. The number of amides is 1. The first-order valence-electron chi connectivity index (χ1n) is 14.7. The zero-order valence-electron chi connectivity index (χ0n) is 23.0. The molecule has 4 aliphatic heterocycles. The second kappa shape index (κ2) is 9.97. The molecule has 2 saturated heterocycles. The summed E-state index contributed by atoms with van der Waals surface area (Å²) < 4.78 is 1.78. The predicted molar refractivity (Wildman–Crippen MR) is 154 cm³/mol. The highest BCUT2D eigenvalue weighted by Crippen LogP contribution is 2.44. The van der Waals surface area contributed by atoms with Crippen LogP contribution in [0.1, 0.15) is 95.2 Å². The van der Waals surface area contributed by atoms with E-state index in [1.807, 2.05) is 35.5 Å². The van der Waals surface area contributed by atoms with E-state index >= 15 is 0 Å². The standard InChI is InChI=1S/C30H30N10O2/c41-24-10-12-32-29-25(24)26(17-4-6-19-7-8-20(13-17)39(19)30(42)27-34-16-35-38-27)37-28-21(15-36-40(28)29)18-5-9-23(33-14-18)22-3-1-2-11-31-22/h1-3,11,14-17,19-20,32H,4-10,12-13H2,(H,34,35,38). The first kappa shape index (κ1) is 25.0. The molecule has 3 atom stereocenters. The minimum Gasteiger partial charge on any atom is -0.369 e. The van der Waals surface area contributed by atoms with E-state index in [4.69, 9.17) is 15.1 Å². The summed E-state index contributed by atoms with van der Waals surface area (Å²) in [5.74, 6) is 1.04. The van der Waals surface area contributed by atoms with Crippen LogP contribution in [0.5, 0.6) is 0 Å². The van der Waals surface area contributed by atoms with Gasteiger partial charge in [-0.05, 0) is 62.7 Å². The van der Waals surface area contributed by atoms with Gasteiger partial charge in [-0.3, -0.25) is 24.7 Å². The van der Waals surface area contributed by atoms with Gasteiger partial charge in [-0.15, -0.1) is 0 Å². The first-order chi connectivity index (χ1) is 20.7. The van der Waals surface area contributed by atoms with E-state index in [1.165, 1.54) is 6.33 Å². The Morgan fingerprint density at radius 2 is 1.93 bits per heavy atom. The van der Waals surface area contributed by atoms with Crippen LogP contribution in [-0.4, -0.2) is 75.7 Å². The van der Waals surface area contributed by atoms with Crippen LogP contribution in [0.2, 0.25) is 0 Å². The van der Waals surface area contributed by atoms with Crippen molar-refractivity contribution in [1.29, 1.82) is 0 Å². The number of hydrogen-bond acceptors (Lipinski definition) is 9. The quantitative estimate of drug-likeness (QED) is 0.382. The van der Waals surface area contributed by atoms with Crippen LogP contribution in [-0.2, 0) is 0 Å². The molecule has 0 saturated carbocycles. The number of carbonyl (C=O) groups is 2. The van der Waals surface area contributed by atoms with Gasteiger partial charge < -0.3 is 10.2 Å². The van der Waals surface area contributed by atoms with Gasteiger partial charge in [0.05, 0.1) is 28.9 Å². The normalized spacial score (nSPS) is 23.7. The fraction of sp³-hybridized carbons (Fsp3) is 0.400. The lowest BCUT2D eigenvalue weighted by atomic mass is 9.85. The average molecular weight is 563 g/mol. The molecule has 0 radical (unpaired) electrons. The summed E-state index contributed by atoms with van der Waals surface area (Å²) in [6.07, 6.45) is 13.3. The number of anilines is 1. The lowest BCUT2D eigenvalue weighted by molar-refractivity contribution is 0.0657. The minimum atomic E-state index is -0.100. The van der Waals surface area contributed by atoms with E-state index in [1.54, 1.807) is 10.7 Å². The monoisotopic (exact) mass is 562 g/mol. The molecule has 4 aliphatic rings. The van der Waals surface area contributed by atoms with E-state index in [0.717, 1.165) is 84.6 Å². The van der Waals surface area contributed by atoms with Crippen LogP contribution in [0.15, 0.2) is 48.1 Å². The van der Waals surface area contributed by atoms with Crippen molar-refractivity contribution < 1.29 is 9.59 Å². The van der Waals surface area contributed by atoms with E-state index in [9.17, 15) is 9.59 Å². The van der Waals surface area contributed by atoms with E-state index in [0.29, 0.717) is 18.5 Å². The molecule has 3 unspecified atom stereocenters. The summed E-state index contributed by atoms with van der Waals surface area (Å²) >= 11 is 0. The number of nitrogens with zero attached hydrogens (tertiary/aromatic N) is 8. The number of rotatable bonds is 4. The molecule has 2 bridgehead atoms. The number of carbonyl (C=O) groups excluding carboxylic acids is 2. The fourth-order valence-electron chi connectivity index (χ4n) is 7.19. The second-order valence-electron chi connectivity index (χ2n) is 11.5. The molecular formula is C30H30N10O2. The molecular weight excluding hydrogens is 532 g/mol. The summed E-state index contributed by atoms with van der Waals surface area (Å²) in [5.41, 5.74) is 6.06. The maximum atomic E-state index is 13.4. The van der Waals surface area contributed by atoms with Crippen LogP contribution in [0.4, 0.5) is 5.82 Å². The number of fused-ring (bicyclic) bond motifs is 5. The Kier molecular flexibility index (Phi) is 5.93. The molecule has 0 aliphatic carbocycles. The summed E-state index contributed by atoms with van der Waals surface area (Å²) in [5, 5.41) is 14.8. The van der Waals surface area contributed by atoms with E-state index in [-0.39, 0.29) is 35.5 Å². The Balaban J connectivity index is 1.18. The number of Topliss-reactive ketones (excluding diaryl/α,β-unsaturated/α-hetero) is 1. The van der Waals surface area contributed by atoms with Crippen molar-refractivity contribution in [2.75, 3.05) is 11.9 Å². The Bertz CT molecular complexity index is 1760. The molecule has 2 N–H and O–H groups in total. The first-order valence-corrected chi connectivity index (χ1v) is 14.7. The van der Waals surface area contributed by atoms with Gasteiger partial charge in [0, 0.05) is 48.9 Å². The second-order valence-corrected chi connectivity index (χ2v) is 11.5. The third-order valence-corrected chi connectivity index (χ3v) is 9.18. The van der Waals surface area contributed by atoms with Crippen LogP contribution in [0.3, 0.4) is 0 Å². The zero-order valence-corrected chi connectivity index (χ0v) is 23.0. The van der Waals surface area contributed by atoms with Gasteiger partial charge >= 0.3 is 0 Å². The minimum absolute atomic E-state index is 0.0461. The summed E-state index contributed by atoms with van der Waals surface area (Å²) in [7, 11) is 0. The SMILES string of the molecule is O=C1CCNc2c1c(C1CCC3CCC(C1)N3C(=O)c1ncn[nH]1)nc1c(C3=CN=C(c4ccccn4)CC3)cnn21. The van der Waals surface area contributed by atoms with Crippen molar-refractivity contribution in [2.45, 2.75) is 69.4 Å². The molecule has 8 heterocycles. The third-order valence-electron chi connectivity index (χ3n) is 9.18. The van der Waals surface area contributed by atoms with Crippen LogP contribution in [0, 0.1) is 0 Å². The number of nitrogens with one attached hydrogen (secondary N) is 2. The van der Waals surface area contributed by atoms with Gasteiger partial charge in [0.1, 0.15) is 12.1 Å². The van der Waals surface area contributed by atoms with Crippen LogP contribution < -0.4 is 5.32 Å². The highest BCUT2D eigenvalue weighted by Gasteiger charge is 2.43. The van der Waals surface area contributed by atoms with Gasteiger partial charge in [0.2, 0.25) is 5.82 Å². The molecule has 0 spiro atoms. The number of aliphatic imine (C=N–C) groups is 1. The van der Waals surface area contributed by atoms with Gasteiger partial charge in [0.25, 0.3) is 5.91 Å². The van der Waals surface area contributed by atoms with Crippen LogP contribution in [0.25, 0.3) is 11.2 Å². The predicted octanol–water partition coefficient (Wildman–Crippen LogP) is 3.81. The number of ketones is 1. The lowest BCUT2D eigenvalue weighted by Gasteiger charge is -2.28. The zero-order chi connectivity index (χ0) is 28.2. The summed E-state index contributed by atoms with van der Waals surface area (Å²) in [4.78, 5) is 47.3. The highest BCUT2D eigenvalue weighted by atomic mass is 16.2. The molecule has 4 aromatic heterocycles. The number of hydrogen-bond donors (Lipinski definition) is 2. The van der Waals surface area contributed by atoms with Crippen molar-refractivity contribution in [1.82, 2.24) is 39.7 Å². The number of pyridine rings is 1. The molecule has 0 aromatic carbocycles. The molecule has 42 heavy (non-hydrogen) atoms. The Morgan fingerprint density at radius 1 is 1.02 bits per heavy atom. The average Bonchev–Trinajstić information content (AvgIpc) is 3.76. The maximum Gasteiger partial charge on any atom is 0.291 e. The summed E-state index contributed by atoms with van der Waals surface area (Å²) in [6.45, 7) is 0.564. The van der Waals surface area contributed by atoms with E-state index < -0.39 is 0 Å². The smallest absolute Gasteiger partial charge is 0.291 e. The van der Waals surface area contributed by atoms with Gasteiger partial charge in [-0.25, -0.2) is 9.97 Å². The van der Waals surface area contributed by atoms with Crippen molar-refractivity contribution in [3.05, 3.63) is 71.5 Å². The van der Waals surface area contributed by atoms with Crippen molar-refractivity contribution in [3.63, 3.8) is 0 Å². The van der Waals surface area contributed by atoms with Gasteiger partial charge in [-0.2, -0.15) is 14.7 Å². The molecule has 12 heteroatoms. The van der Waals surface area contributed by atoms with Gasteiger partial charge in [-0.1, -0.05) is 6.07 Å². The van der Waals surface area contributed by atoms with Crippen molar-refractivity contribution in [3.8, 4) is 0 Å². The topological polar surface area (TPSA) is 146 Å². The number of H-pyrrole nitrogens is 1. The molecule has 1 amide bonds. The maximum absolute atomic E-state index is 13.4. The Labute approximate surface area is 241 Å². The molecule has 212 valence electrons. The highest BCUT2D eigenvalue weighted by molar-refractivity contribution is 6.04. The van der Waals surface area contributed by atoms with Crippen molar-refractivity contribution >= 4 is 34.4 Å². The molecule has 2 fully saturated rings. The fourth-order valence-corrected chi connectivity index (χ4v) is 7.19. The Morgan fingerprint density at radius 3 is 2.74 bits per heavy atom. The number of allylic oxidation sites excluding steroid dienone is 1. The Hall–Kier alpha value is -4.74. The molecule has 4 aromatic rings. The van der Waals surface area contributed by atoms with Crippen molar-refractivity contribution in [2.24, 2.45) is 4.99 Å². The third kappa shape index (κ3) is 4.04. The summed E-state index contributed by atoms with van der Waals surface area (Å²) in [6, 6.07) is 6.07. The molecule has 8 rings (SSSR count). The van der Waals surface area contributed by atoms with Crippen LogP contribution >= 0.6 is 0 Å². The number of aromatic nitrogens is 7.